The standard InChI is InChI=1S/C24H27F3N2O4/c25-24(26,27)33-21-15-18(17-5-2-1-3-6-17)7-8-19(21)20(23(32)9-4-10-23)16-28-11-13-29(14-12-28)22(30)31/h1-3,5-8,15,20,32H,4,9-14,16H2,(H,30,31). The number of carboxylic acid groups (broad SMARTS) is 1. The van der Waals surface area contributed by atoms with Crippen LogP contribution in [0, 0.1) is 0 Å². The van der Waals surface area contributed by atoms with Gasteiger partial charge in [-0.2, -0.15) is 0 Å². The molecular formula is C24H27F3N2O4. The van der Waals surface area contributed by atoms with E-state index in [0.29, 0.717) is 56.7 Å². The predicted molar refractivity (Wildman–Crippen MR) is 116 cm³/mol. The fourth-order valence-electron chi connectivity index (χ4n) is 4.67. The maximum atomic E-state index is 13.3. The Morgan fingerprint density at radius 2 is 1.70 bits per heavy atom. The summed E-state index contributed by atoms with van der Waals surface area (Å²) in [6.45, 7) is 1.87. The van der Waals surface area contributed by atoms with Crippen LogP contribution >= 0.6 is 0 Å². The van der Waals surface area contributed by atoms with Crippen molar-refractivity contribution in [3.05, 3.63) is 54.1 Å². The normalized spacial score (nSPS) is 19.6. The molecule has 9 heteroatoms. The third-order valence-corrected chi connectivity index (χ3v) is 6.67. The molecule has 0 spiro atoms. The number of hydrogen-bond donors (Lipinski definition) is 2. The van der Waals surface area contributed by atoms with E-state index in [9.17, 15) is 23.1 Å². The zero-order valence-corrected chi connectivity index (χ0v) is 18.1. The summed E-state index contributed by atoms with van der Waals surface area (Å²) in [5.41, 5.74) is 0.546. The van der Waals surface area contributed by atoms with Crippen molar-refractivity contribution in [1.82, 2.24) is 9.80 Å². The van der Waals surface area contributed by atoms with E-state index in [1.165, 1.54) is 11.0 Å². The SMILES string of the molecule is O=C(O)N1CCN(CC(c2ccc(-c3ccccc3)cc2OC(F)(F)F)C2(O)CCC2)CC1. The molecule has 0 radical (unpaired) electrons. The summed E-state index contributed by atoms with van der Waals surface area (Å²) in [5.74, 6) is -0.900. The van der Waals surface area contributed by atoms with Crippen LogP contribution in [0.2, 0.25) is 0 Å². The van der Waals surface area contributed by atoms with Crippen molar-refractivity contribution < 1.29 is 32.9 Å². The van der Waals surface area contributed by atoms with Gasteiger partial charge in [0.2, 0.25) is 0 Å². The molecule has 2 fully saturated rings. The number of amides is 1. The number of piperazine rings is 1. The van der Waals surface area contributed by atoms with Crippen LogP contribution in [0.15, 0.2) is 48.5 Å². The summed E-state index contributed by atoms with van der Waals surface area (Å²) in [6.07, 6.45) is -4.06. The molecule has 6 nitrogen and oxygen atoms in total. The first kappa shape index (κ1) is 23.4. The van der Waals surface area contributed by atoms with Gasteiger partial charge in [-0.25, -0.2) is 4.79 Å². The molecular weight excluding hydrogens is 437 g/mol. The van der Waals surface area contributed by atoms with Crippen LogP contribution in [0.3, 0.4) is 0 Å². The highest BCUT2D eigenvalue weighted by Crippen LogP contribution is 2.47. The molecule has 1 unspecified atom stereocenters. The van der Waals surface area contributed by atoms with Gasteiger partial charge in [-0.1, -0.05) is 42.5 Å². The quantitative estimate of drug-likeness (QED) is 0.657. The molecule has 178 valence electrons. The molecule has 33 heavy (non-hydrogen) atoms. The minimum absolute atomic E-state index is 0.307. The van der Waals surface area contributed by atoms with E-state index < -0.39 is 24.0 Å². The minimum atomic E-state index is -4.87. The van der Waals surface area contributed by atoms with Crippen LogP contribution in [0.1, 0.15) is 30.7 Å². The van der Waals surface area contributed by atoms with E-state index in [1.54, 1.807) is 12.1 Å². The van der Waals surface area contributed by atoms with Crippen LogP contribution < -0.4 is 4.74 Å². The summed E-state index contributed by atoms with van der Waals surface area (Å²) in [5, 5.41) is 20.4. The van der Waals surface area contributed by atoms with Gasteiger partial charge in [0.25, 0.3) is 0 Å². The molecule has 2 aliphatic rings. The van der Waals surface area contributed by atoms with Gasteiger partial charge in [-0.15, -0.1) is 13.2 Å². The second kappa shape index (κ2) is 9.23. The summed E-state index contributed by atoms with van der Waals surface area (Å²) in [4.78, 5) is 14.5. The summed E-state index contributed by atoms with van der Waals surface area (Å²) in [6, 6.07) is 13.8. The Balaban J connectivity index is 1.66. The van der Waals surface area contributed by atoms with Gasteiger partial charge in [0.1, 0.15) is 5.75 Å². The van der Waals surface area contributed by atoms with Crippen LogP contribution in [0.4, 0.5) is 18.0 Å². The molecule has 4 rings (SSSR count). The van der Waals surface area contributed by atoms with E-state index >= 15 is 0 Å². The predicted octanol–water partition coefficient (Wildman–Crippen LogP) is 4.55. The second-order valence-corrected chi connectivity index (χ2v) is 8.75. The molecule has 1 saturated carbocycles. The van der Waals surface area contributed by atoms with Crippen molar-refractivity contribution in [3.63, 3.8) is 0 Å². The molecule has 2 aromatic carbocycles. The smallest absolute Gasteiger partial charge is 0.465 e. The second-order valence-electron chi connectivity index (χ2n) is 8.75. The Kier molecular flexibility index (Phi) is 6.54. The molecule has 1 saturated heterocycles. The molecule has 1 aliphatic carbocycles. The summed E-state index contributed by atoms with van der Waals surface area (Å²) in [7, 11) is 0. The van der Waals surface area contributed by atoms with Gasteiger partial charge in [-0.3, -0.25) is 4.90 Å². The van der Waals surface area contributed by atoms with Gasteiger partial charge >= 0.3 is 12.5 Å². The monoisotopic (exact) mass is 464 g/mol. The number of nitrogens with zero attached hydrogens (tertiary/aromatic N) is 2. The Labute approximate surface area is 190 Å². The third-order valence-electron chi connectivity index (χ3n) is 6.67. The van der Waals surface area contributed by atoms with Crippen LogP contribution in [0.25, 0.3) is 11.1 Å². The molecule has 2 N–H and O–H groups in total. The average molecular weight is 464 g/mol. The topological polar surface area (TPSA) is 73.2 Å². The van der Waals surface area contributed by atoms with Gasteiger partial charge in [0, 0.05) is 44.2 Å². The Morgan fingerprint density at radius 1 is 1.03 bits per heavy atom. The van der Waals surface area contributed by atoms with Crippen LogP contribution in [-0.2, 0) is 0 Å². The highest BCUT2D eigenvalue weighted by atomic mass is 19.4. The van der Waals surface area contributed by atoms with Gasteiger partial charge in [0.05, 0.1) is 5.60 Å². The largest absolute Gasteiger partial charge is 0.573 e. The maximum Gasteiger partial charge on any atom is 0.573 e. The van der Waals surface area contributed by atoms with E-state index in [0.717, 1.165) is 12.0 Å². The average Bonchev–Trinajstić information content (AvgIpc) is 2.76. The molecule has 2 aromatic rings. The van der Waals surface area contributed by atoms with Gasteiger partial charge in [0.15, 0.2) is 0 Å². The molecule has 1 heterocycles. The van der Waals surface area contributed by atoms with Crippen molar-refractivity contribution in [1.29, 1.82) is 0 Å². The molecule has 0 aromatic heterocycles. The van der Waals surface area contributed by atoms with Crippen molar-refractivity contribution >= 4 is 6.09 Å². The first-order valence-electron chi connectivity index (χ1n) is 11.0. The van der Waals surface area contributed by atoms with E-state index in [2.05, 4.69) is 4.74 Å². The van der Waals surface area contributed by atoms with Crippen molar-refractivity contribution in [2.45, 2.75) is 37.1 Å². The molecule has 1 aliphatic heterocycles. The molecule has 1 atom stereocenters. The number of ether oxygens (including phenoxy) is 1. The number of rotatable bonds is 6. The third kappa shape index (κ3) is 5.42. The lowest BCUT2D eigenvalue weighted by Crippen LogP contribution is -2.53. The fourth-order valence-corrected chi connectivity index (χ4v) is 4.67. The number of aliphatic hydroxyl groups is 1. The Morgan fingerprint density at radius 3 is 2.24 bits per heavy atom. The fraction of sp³-hybridized carbons (Fsp3) is 0.458. The van der Waals surface area contributed by atoms with Crippen molar-refractivity contribution in [2.24, 2.45) is 0 Å². The lowest BCUT2D eigenvalue weighted by molar-refractivity contribution is -0.275. The summed E-state index contributed by atoms with van der Waals surface area (Å²) < 4.78 is 44.5. The van der Waals surface area contributed by atoms with Crippen molar-refractivity contribution in [3.8, 4) is 16.9 Å². The highest BCUT2D eigenvalue weighted by Gasteiger charge is 2.46. The highest BCUT2D eigenvalue weighted by molar-refractivity contribution is 5.66. The Bertz CT molecular complexity index is 971. The van der Waals surface area contributed by atoms with Crippen LogP contribution in [0.5, 0.6) is 5.75 Å². The van der Waals surface area contributed by atoms with Crippen molar-refractivity contribution in [2.75, 3.05) is 32.7 Å². The van der Waals surface area contributed by atoms with E-state index in [1.807, 2.05) is 35.2 Å². The lowest BCUT2D eigenvalue weighted by atomic mass is 9.68. The number of hydrogen-bond acceptors (Lipinski definition) is 4. The first-order valence-corrected chi connectivity index (χ1v) is 11.0. The number of carbonyl (C=O) groups is 1. The van der Waals surface area contributed by atoms with Gasteiger partial charge < -0.3 is 19.8 Å². The van der Waals surface area contributed by atoms with Crippen LogP contribution in [-0.4, -0.2) is 70.8 Å². The van der Waals surface area contributed by atoms with Gasteiger partial charge in [-0.05, 0) is 36.5 Å². The number of alkyl halides is 3. The zero-order valence-electron chi connectivity index (χ0n) is 18.1. The zero-order chi connectivity index (χ0) is 23.6. The Hall–Kier alpha value is -2.78. The van der Waals surface area contributed by atoms with E-state index in [-0.39, 0.29) is 5.75 Å². The first-order chi connectivity index (χ1) is 15.6. The number of benzene rings is 2. The molecule has 0 bridgehead atoms. The lowest BCUT2D eigenvalue weighted by Gasteiger charge is -2.46. The van der Waals surface area contributed by atoms with E-state index in [4.69, 9.17) is 5.11 Å². The minimum Gasteiger partial charge on any atom is -0.465 e. The molecule has 1 amide bonds. The summed E-state index contributed by atoms with van der Waals surface area (Å²) >= 11 is 0. The number of halogens is 3. The maximum absolute atomic E-state index is 13.3.